The van der Waals surface area contributed by atoms with Crippen LogP contribution in [0.1, 0.15) is 17.5 Å². The molecule has 0 aliphatic carbocycles. The number of hydrogen-bond donors (Lipinski definition) is 1. The van der Waals surface area contributed by atoms with Gasteiger partial charge in [0.15, 0.2) is 11.5 Å². The van der Waals surface area contributed by atoms with Crippen LogP contribution in [-0.4, -0.2) is 20.1 Å². The van der Waals surface area contributed by atoms with Crippen molar-refractivity contribution in [1.82, 2.24) is 0 Å². The number of benzene rings is 2. The first kappa shape index (κ1) is 17.2. The van der Waals surface area contributed by atoms with Gasteiger partial charge in [-0.3, -0.25) is 4.79 Å². The molecule has 5 heteroatoms. The maximum atomic E-state index is 12.1. The van der Waals surface area contributed by atoms with E-state index in [9.17, 15) is 4.79 Å². The molecular weight excluding hydrogens is 314 g/mol. The predicted octanol–water partition coefficient (Wildman–Crippen LogP) is 4.24. The summed E-state index contributed by atoms with van der Waals surface area (Å²) in [4.78, 5) is 12.1. The van der Waals surface area contributed by atoms with E-state index in [4.69, 9.17) is 21.1 Å². The molecule has 0 heterocycles. The molecule has 0 aliphatic rings. The second-order valence-corrected chi connectivity index (χ2v) is 5.63. The molecule has 2 rings (SSSR count). The lowest BCUT2D eigenvalue weighted by atomic mass is 10.1. The number of carbonyl (C=O) groups excluding carboxylic acids is 1. The van der Waals surface area contributed by atoms with Crippen molar-refractivity contribution < 1.29 is 14.3 Å². The number of carbonyl (C=O) groups is 1. The number of rotatable bonds is 6. The monoisotopic (exact) mass is 333 g/mol. The van der Waals surface area contributed by atoms with Crippen molar-refractivity contribution in [2.45, 2.75) is 19.8 Å². The number of hydrogen-bond acceptors (Lipinski definition) is 3. The fraction of sp³-hybridized carbons (Fsp3) is 0.278. The first-order valence-corrected chi connectivity index (χ1v) is 7.68. The SMILES string of the molecule is COc1ccc(CCC(=O)Nc2cc(Cl)ccc2C)cc1OC. The zero-order chi connectivity index (χ0) is 16.8. The highest BCUT2D eigenvalue weighted by Crippen LogP contribution is 2.28. The Bertz CT molecular complexity index is 701. The number of aryl methyl sites for hydroxylation is 2. The second kappa shape index (κ2) is 7.88. The summed E-state index contributed by atoms with van der Waals surface area (Å²) in [6.45, 7) is 1.93. The molecule has 2 aromatic carbocycles. The Morgan fingerprint density at radius 1 is 1.09 bits per heavy atom. The molecule has 0 atom stereocenters. The van der Waals surface area contributed by atoms with E-state index in [0.29, 0.717) is 29.4 Å². The zero-order valence-corrected chi connectivity index (χ0v) is 14.2. The maximum Gasteiger partial charge on any atom is 0.224 e. The van der Waals surface area contributed by atoms with Crippen LogP contribution in [0, 0.1) is 6.92 Å². The van der Waals surface area contributed by atoms with E-state index in [-0.39, 0.29) is 5.91 Å². The smallest absolute Gasteiger partial charge is 0.224 e. The third-order valence-electron chi connectivity index (χ3n) is 3.56. The van der Waals surface area contributed by atoms with Gasteiger partial charge in [-0.25, -0.2) is 0 Å². The summed E-state index contributed by atoms with van der Waals surface area (Å²) in [5, 5.41) is 3.50. The summed E-state index contributed by atoms with van der Waals surface area (Å²) in [6, 6.07) is 11.1. The van der Waals surface area contributed by atoms with Crippen molar-refractivity contribution in [3.63, 3.8) is 0 Å². The second-order valence-electron chi connectivity index (χ2n) is 5.20. The Balaban J connectivity index is 1.98. The van der Waals surface area contributed by atoms with Crippen LogP contribution in [0.25, 0.3) is 0 Å². The van der Waals surface area contributed by atoms with Gasteiger partial charge < -0.3 is 14.8 Å². The lowest BCUT2D eigenvalue weighted by molar-refractivity contribution is -0.116. The molecule has 0 aromatic heterocycles. The molecule has 1 amide bonds. The summed E-state index contributed by atoms with van der Waals surface area (Å²) >= 11 is 5.96. The van der Waals surface area contributed by atoms with Gasteiger partial charge in [0, 0.05) is 17.1 Å². The molecule has 0 aliphatic heterocycles. The normalized spacial score (nSPS) is 10.3. The Morgan fingerprint density at radius 2 is 1.83 bits per heavy atom. The highest BCUT2D eigenvalue weighted by atomic mass is 35.5. The van der Waals surface area contributed by atoms with Crippen LogP contribution in [0.2, 0.25) is 5.02 Å². The average molecular weight is 334 g/mol. The molecule has 0 bridgehead atoms. The summed E-state index contributed by atoms with van der Waals surface area (Å²) in [7, 11) is 3.19. The van der Waals surface area contributed by atoms with Crippen molar-refractivity contribution in [2.24, 2.45) is 0 Å². The van der Waals surface area contributed by atoms with E-state index >= 15 is 0 Å². The molecule has 4 nitrogen and oxygen atoms in total. The molecule has 0 saturated carbocycles. The van der Waals surface area contributed by atoms with E-state index in [1.807, 2.05) is 31.2 Å². The van der Waals surface area contributed by atoms with Crippen molar-refractivity contribution in [3.8, 4) is 11.5 Å². The third kappa shape index (κ3) is 4.63. The first-order chi connectivity index (χ1) is 11.0. The number of methoxy groups -OCH3 is 2. The maximum absolute atomic E-state index is 12.1. The van der Waals surface area contributed by atoms with Gasteiger partial charge in [0.2, 0.25) is 5.91 Å². The molecule has 0 unspecified atom stereocenters. The van der Waals surface area contributed by atoms with Gasteiger partial charge in [0.05, 0.1) is 14.2 Å². The molecular formula is C18H20ClNO3. The number of ether oxygens (including phenoxy) is 2. The van der Waals surface area contributed by atoms with Crippen molar-refractivity contribution >= 4 is 23.2 Å². The molecule has 0 saturated heterocycles. The van der Waals surface area contributed by atoms with E-state index in [1.54, 1.807) is 26.4 Å². The van der Waals surface area contributed by atoms with Crippen LogP contribution in [-0.2, 0) is 11.2 Å². The summed E-state index contributed by atoms with van der Waals surface area (Å²) < 4.78 is 10.5. The number of nitrogens with one attached hydrogen (secondary N) is 1. The van der Waals surface area contributed by atoms with Gasteiger partial charge in [0.25, 0.3) is 0 Å². The highest BCUT2D eigenvalue weighted by molar-refractivity contribution is 6.31. The lowest BCUT2D eigenvalue weighted by Gasteiger charge is -2.11. The van der Waals surface area contributed by atoms with Gasteiger partial charge in [-0.1, -0.05) is 23.7 Å². The van der Waals surface area contributed by atoms with Gasteiger partial charge in [-0.15, -0.1) is 0 Å². The van der Waals surface area contributed by atoms with Gasteiger partial charge in [-0.05, 0) is 48.7 Å². The molecule has 23 heavy (non-hydrogen) atoms. The fourth-order valence-electron chi connectivity index (χ4n) is 2.24. The molecule has 0 spiro atoms. The van der Waals surface area contributed by atoms with Crippen molar-refractivity contribution in [1.29, 1.82) is 0 Å². The quantitative estimate of drug-likeness (QED) is 0.860. The Morgan fingerprint density at radius 3 is 2.52 bits per heavy atom. The third-order valence-corrected chi connectivity index (χ3v) is 3.80. The molecule has 122 valence electrons. The van der Waals surface area contributed by atoms with Crippen LogP contribution >= 0.6 is 11.6 Å². The summed E-state index contributed by atoms with van der Waals surface area (Å²) in [6.07, 6.45) is 0.993. The highest BCUT2D eigenvalue weighted by Gasteiger charge is 2.08. The van der Waals surface area contributed by atoms with Gasteiger partial charge in [0.1, 0.15) is 0 Å². The zero-order valence-electron chi connectivity index (χ0n) is 13.5. The Kier molecular flexibility index (Phi) is 5.88. The van der Waals surface area contributed by atoms with E-state index in [2.05, 4.69) is 5.32 Å². The molecule has 2 aromatic rings. The Labute approximate surface area is 141 Å². The number of anilines is 1. The van der Waals surface area contributed by atoms with Crippen LogP contribution in [0.5, 0.6) is 11.5 Å². The first-order valence-electron chi connectivity index (χ1n) is 7.30. The standard InChI is InChI=1S/C18H20ClNO3/c1-12-4-7-14(19)11-15(12)20-18(21)9-6-13-5-8-16(22-2)17(10-13)23-3/h4-5,7-8,10-11H,6,9H2,1-3H3,(H,20,21). The minimum atomic E-state index is -0.0508. The largest absolute Gasteiger partial charge is 0.493 e. The van der Waals surface area contributed by atoms with Crippen LogP contribution in [0.4, 0.5) is 5.69 Å². The summed E-state index contributed by atoms with van der Waals surface area (Å²) in [5.74, 6) is 1.29. The minimum Gasteiger partial charge on any atom is -0.493 e. The average Bonchev–Trinajstić information content (AvgIpc) is 2.56. The predicted molar refractivity (Wildman–Crippen MR) is 92.7 cm³/mol. The van der Waals surface area contributed by atoms with Crippen LogP contribution in [0.15, 0.2) is 36.4 Å². The van der Waals surface area contributed by atoms with Crippen molar-refractivity contribution in [2.75, 3.05) is 19.5 Å². The molecule has 0 radical (unpaired) electrons. The number of halogens is 1. The summed E-state index contributed by atoms with van der Waals surface area (Å²) in [5.41, 5.74) is 2.74. The lowest BCUT2D eigenvalue weighted by Crippen LogP contribution is -2.13. The van der Waals surface area contributed by atoms with E-state index < -0.39 is 0 Å². The Hall–Kier alpha value is -2.20. The van der Waals surface area contributed by atoms with Crippen molar-refractivity contribution in [3.05, 3.63) is 52.5 Å². The van der Waals surface area contributed by atoms with Crippen LogP contribution < -0.4 is 14.8 Å². The molecule has 1 N–H and O–H groups in total. The number of amides is 1. The molecule has 0 fully saturated rings. The van der Waals surface area contributed by atoms with Crippen LogP contribution in [0.3, 0.4) is 0 Å². The fourth-order valence-corrected chi connectivity index (χ4v) is 2.41. The van der Waals surface area contributed by atoms with E-state index in [0.717, 1.165) is 16.8 Å². The minimum absolute atomic E-state index is 0.0508. The van der Waals surface area contributed by atoms with Gasteiger partial charge in [-0.2, -0.15) is 0 Å². The topological polar surface area (TPSA) is 47.6 Å². The van der Waals surface area contributed by atoms with Gasteiger partial charge >= 0.3 is 0 Å². The van der Waals surface area contributed by atoms with E-state index in [1.165, 1.54) is 0 Å².